The molecule has 8 heteroatoms. The van der Waals surface area contributed by atoms with Crippen LogP contribution in [0, 0.1) is 11.8 Å². The summed E-state index contributed by atoms with van der Waals surface area (Å²) in [6, 6.07) is 7.88. The van der Waals surface area contributed by atoms with Gasteiger partial charge in [0.05, 0.1) is 32.3 Å². The van der Waals surface area contributed by atoms with Crippen LogP contribution in [0.3, 0.4) is 0 Å². The van der Waals surface area contributed by atoms with Crippen LogP contribution in [-0.4, -0.2) is 51.3 Å². The molecule has 5 atom stereocenters. The third-order valence-electron chi connectivity index (χ3n) is 8.26. The van der Waals surface area contributed by atoms with Crippen molar-refractivity contribution in [3.63, 3.8) is 0 Å². The van der Waals surface area contributed by atoms with Crippen LogP contribution in [0.25, 0.3) is 0 Å². The number of carbonyl (C=O) groups is 2. The number of benzene rings is 1. The number of rotatable bonds is 12. The Morgan fingerprint density at radius 1 is 1.12 bits per heavy atom. The number of hydrogen-bond acceptors (Lipinski definition) is 7. The number of carbonyl (C=O) groups excluding carboxylic acids is 2. The fraction of sp³-hybridized carbons (Fsp3) is 0.688. The lowest BCUT2D eigenvalue weighted by Gasteiger charge is -2.39. The third-order valence-corrected chi connectivity index (χ3v) is 12.8. The Balaban J connectivity index is 1.73. The van der Waals surface area contributed by atoms with E-state index in [0.717, 1.165) is 17.7 Å². The lowest BCUT2D eigenvalue weighted by atomic mass is 9.91. The average Bonchev–Trinajstić information content (AvgIpc) is 3.34. The van der Waals surface area contributed by atoms with Crippen molar-refractivity contribution < 1.29 is 33.0 Å². The van der Waals surface area contributed by atoms with Crippen LogP contribution in [0.5, 0.6) is 5.75 Å². The summed E-state index contributed by atoms with van der Waals surface area (Å²) in [5.74, 6) is 0.639. The van der Waals surface area contributed by atoms with Crippen LogP contribution in [0.2, 0.25) is 18.1 Å². The Morgan fingerprint density at radius 3 is 2.40 bits per heavy atom. The Kier molecular flexibility index (Phi) is 10.7. The zero-order valence-electron chi connectivity index (χ0n) is 26.0. The molecule has 3 rings (SSSR count). The second-order valence-electron chi connectivity index (χ2n) is 13.7. The van der Waals surface area contributed by atoms with Gasteiger partial charge in [-0.25, -0.2) is 0 Å². The molecule has 1 aromatic rings. The summed E-state index contributed by atoms with van der Waals surface area (Å²) >= 11 is 0. The van der Waals surface area contributed by atoms with Gasteiger partial charge in [-0.05, 0) is 69.4 Å². The minimum Gasteiger partial charge on any atom is -0.497 e. The molecule has 0 bridgehead atoms. The summed E-state index contributed by atoms with van der Waals surface area (Å²) in [7, 11) is -0.416. The van der Waals surface area contributed by atoms with Gasteiger partial charge in [0.15, 0.2) is 8.32 Å². The standard InChI is InChI=1S/C32H50O7Si/c1-31(2,3)38-29(33)12-10-11-24(39-40(8,9)32(4,5)6)17-18-25-26-19-30(34)37-28(26)20-27(25)36-21-22-13-15-23(35-7)16-14-22/h13-18,24-28H,10-12,19-21H2,1-9H3/t24-,25+,26-,27-,28+/m1/s1. The van der Waals surface area contributed by atoms with Gasteiger partial charge in [-0.2, -0.15) is 0 Å². The van der Waals surface area contributed by atoms with Gasteiger partial charge in [-0.3, -0.25) is 9.59 Å². The molecule has 0 amide bonds. The molecule has 40 heavy (non-hydrogen) atoms. The molecule has 7 nitrogen and oxygen atoms in total. The van der Waals surface area contributed by atoms with Gasteiger partial charge < -0.3 is 23.4 Å². The number of esters is 2. The molecule has 1 saturated carbocycles. The highest BCUT2D eigenvalue weighted by atomic mass is 28.4. The van der Waals surface area contributed by atoms with Crippen molar-refractivity contribution in [1.82, 2.24) is 0 Å². The second kappa shape index (κ2) is 13.2. The minimum atomic E-state index is -2.07. The maximum absolute atomic E-state index is 12.3. The lowest BCUT2D eigenvalue weighted by Crippen LogP contribution is -2.43. The van der Waals surface area contributed by atoms with Gasteiger partial charge in [0, 0.05) is 24.7 Å². The largest absolute Gasteiger partial charge is 0.497 e. The van der Waals surface area contributed by atoms with E-state index in [1.54, 1.807) is 7.11 Å². The van der Waals surface area contributed by atoms with Crippen LogP contribution in [0.4, 0.5) is 0 Å². The van der Waals surface area contributed by atoms with Crippen molar-refractivity contribution in [2.45, 2.75) is 122 Å². The van der Waals surface area contributed by atoms with E-state index in [0.29, 0.717) is 32.3 Å². The average molecular weight is 575 g/mol. The van der Waals surface area contributed by atoms with Crippen molar-refractivity contribution >= 4 is 20.3 Å². The molecule has 1 heterocycles. The molecular weight excluding hydrogens is 524 g/mol. The fourth-order valence-corrected chi connectivity index (χ4v) is 6.42. The second-order valence-corrected chi connectivity index (χ2v) is 18.4. The molecule has 1 saturated heterocycles. The Morgan fingerprint density at radius 2 is 1.80 bits per heavy atom. The van der Waals surface area contributed by atoms with Crippen molar-refractivity contribution in [3.05, 3.63) is 42.0 Å². The molecule has 0 spiro atoms. The van der Waals surface area contributed by atoms with Crippen molar-refractivity contribution in [2.75, 3.05) is 7.11 Å². The molecule has 0 unspecified atom stereocenters. The topological polar surface area (TPSA) is 80.3 Å². The normalized spacial score (nSPS) is 24.2. The van der Waals surface area contributed by atoms with Gasteiger partial charge in [0.2, 0.25) is 0 Å². The number of fused-ring (bicyclic) bond motifs is 1. The molecule has 0 N–H and O–H groups in total. The van der Waals surface area contributed by atoms with Crippen LogP contribution < -0.4 is 4.74 Å². The zero-order valence-corrected chi connectivity index (χ0v) is 27.0. The summed E-state index contributed by atoms with van der Waals surface area (Å²) in [6.07, 6.45) is 6.87. The fourth-order valence-electron chi connectivity index (χ4n) is 5.11. The Labute approximate surface area is 242 Å². The first-order chi connectivity index (χ1) is 18.6. The maximum Gasteiger partial charge on any atom is 0.306 e. The van der Waals surface area contributed by atoms with E-state index in [9.17, 15) is 9.59 Å². The van der Waals surface area contributed by atoms with Gasteiger partial charge in [-0.1, -0.05) is 45.1 Å². The monoisotopic (exact) mass is 574 g/mol. The molecule has 2 aliphatic rings. The van der Waals surface area contributed by atoms with Crippen molar-refractivity contribution in [2.24, 2.45) is 11.8 Å². The summed E-state index contributed by atoms with van der Waals surface area (Å²) in [4.78, 5) is 24.5. The van der Waals surface area contributed by atoms with E-state index in [2.05, 4.69) is 46.0 Å². The molecule has 0 aromatic heterocycles. The SMILES string of the molecule is COc1ccc(CO[C@@H]2C[C@@H]3OC(=O)C[C@@H]3[C@@H]2C=C[C@@H](CCCC(=O)OC(C)(C)C)O[Si](C)(C)C(C)(C)C)cc1. The third kappa shape index (κ3) is 9.18. The summed E-state index contributed by atoms with van der Waals surface area (Å²) in [5.41, 5.74) is 0.577. The van der Waals surface area contributed by atoms with Crippen LogP contribution in [0.1, 0.15) is 79.2 Å². The van der Waals surface area contributed by atoms with Crippen LogP contribution >= 0.6 is 0 Å². The van der Waals surface area contributed by atoms with Gasteiger partial charge >= 0.3 is 11.9 Å². The quantitative estimate of drug-likeness (QED) is 0.151. The molecule has 1 aliphatic carbocycles. The molecule has 224 valence electrons. The maximum atomic E-state index is 12.3. The lowest BCUT2D eigenvalue weighted by molar-refractivity contribution is -0.155. The van der Waals surface area contributed by atoms with Gasteiger partial charge in [-0.15, -0.1) is 0 Å². The predicted molar refractivity (Wildman–Crippen MR) is 159 cm³/mol. The summed E-state index contributed by atoms with van der Waals surface area (Å²) in [5, 5.41) is 0.0540. The smallest absolute Gasteiger partial charge is 0.306 e. The van der Waals surface area contributed by atoms with E-state index < -0.39 is 13.9 Å². The van der Waals surface area contributed by atoms with E-state index in [4.69, 9.17) is 23.4 Å². The first-order valence-electron chi connectivity index (χ1n) is 14.6. The highest BCUT2D eigenvalue weighted by Crippen LogP contribution is 2.44. The Hall–Kier alpha value is -2.16. The number of methoxy groups -OCH3 is 1. The van der Waals surface area contributed by atoms with Gasteiger partial charge in [0.1, 0.15) is 17.5 Å². The van der Waals surface area contributed by atoms with E-state index in [1.807, 2.05) is 45.0 Å². The molecule has 0 radical (unpaired) electrons. The van der Waals surface area contributed by atoms with Crippen molar-refractivity contribution in [1.29, 1.82) is 0 Å². The highest BCUT2D eigenvalue weighted by Gasteiger charge is 2.49. The van der Waals surface area contributed by atoms with E-state index in [-0.39, 0.29) is 47.1 Å². The Bertz CT molecular complexity index is 1020. The van der Waals surface area contributed by atoms with E-state index >= 15 is 0 Å². The molecular formula is C32H50O7Si. The highest BCUT2D eigenvalue weighted by molar-refractivity contribution is 6.74. The van der Waals surface area contributed by atoms with E-state index in [1.165, 1.54) is 0 Å². The summed E-state index contributed by atoms with van der Waals surface area (Å²) in [6.45, 7) is 17.3. The first-order valence-corrected chi connectivity index (χ1v) is 17.5. The van der Waals surface area contributed by atoms with Gasteiger partial charge in [0.25, 0.3) is 0 Å². The number of ether oxygens (including phenoxy) is 4. The molecule has 2 fully saturated rings. The minimum absolute atomic E-state index is 0.0473. The predicted octanol–water partition coefficient (Wildman–Crippen LogP) is 6.99. The van der Waals surface area contributed by atoms with Crippen LogP contribution in [0.15, 0.2) is 36.4 Å². The summed E-state index contributed by atoms with van der Waals surface area (Å²) < 4.78 is 29.6. The molecule has 1 aromatic carbocycles. The van der Waals surface area contributed by atoms with Crippen LogP contribution in [-0.2, 0) is 34.8 Å². The number of hydrogen-bond donors (Lipinski definition) is 0. The first kappa shape index (κ1) is 32.4. The zero-order chi connectivity index (χ0) is 29.7. The molecule has 1 aliphatic heterocycles. The van der Waals surface area contributed by atoms with Crippen molar-refractivity contribution in [3.8, 4) is 5.75 Å².